The van der Waals surface area contributed by atoms with Gasteiger partial charge in [-0.3, -0.25) is 33.6 Å². The van der Waals surface area contributed by atoms with E-state index in [9.17, 15) is 71.6 Å². The van der Waals surface area contributed by atoms with Crippen molar-refractivity contribution in [1.82, 2.24) is 37.2 Å². The van der Waals surface area contributed by atoms with E-state index in [0.717, 1.165) is 72.8 Å². The van der Waals surface area contributed by atoms with Crippen molar-refractivity contribution in [3.63, 3.8) is 0 Å². The molecule has 2 saturated heterocycles. The van der Waals surface area contributed by atoms with Crippen LogP contribution in [0.15, 0.2) is 78.9 Å². The summed E-state index contributed by atoms with van der Waals surface area (Å²) in [5, 5.41) is 127. The number of benzene rings is 5. The SMILES string of the molecule is [2H]C([2H])([2H])NC([2H])(C(=O)N[C@H]1C(=O)N[C@@H](CC(N)=O)C(=O)N[C@H]2C(=O)N[C@H]3C(=O)N[C@H](C(=O)N[C@H](C(=O)O)c4cc(O)cc(O)c4-c4cc3ccc4O)[C@H](O)c3ccc(c(Cl)c3)Oc3cc2cc(c3O[C@@H]2O[C@H](CO)[C@@H](O)[C@H](O)[C@H]2O[C@H]2C[C@](C)(N)[C@H](O)[C@H](C)O2)Oc2ccc(cc2Cl)[C@H]1O)C([2H])([2H])C([2H])(C([2H])([2H])[2H])C([2H])([2H])[2H]. The Morgan fingerprint density at radius 1 is 0.752 bits per heavy atom. The highest BCUT2D eigenvalue weighted by Crippen LogP contribution is 2.50. The number of fused-ring (bicyclic) bond motifs is 15. The maximum absolute atomic E-state index is 16.1. The predicted octanol–water partition coefficient (Wildman–Crippen LogP) is 0.106. The Morgan fingerprint density at radius 3 is 1.98 bits per heavy atom. The number of phenols is 3. The zero-order valence-electron chi connectivity index (χ0n) is 65.5. The molecule has 11 bridgehead atoms. The van der Waals surface area contributed by atoms with Crippen molar-refractivity contribution >= 4 is 70.5 Å². The lowest BCUT2D eigenvalue weighted by Crippen LogP contribution is -2.64. The second kappa shape index (κ2) is 30.2. The summed E-state index contributed by atoms with van der Waals surface area (Å²) in [4.78, 5) is 119. The van der Waals surface area contributed by atoms with Gasteiger partial charge in [0.2, 0.25) is 53.4 Å². The molecule has 1 unspecified atom stereocenters. The van der Waals surface area contributed by atoms with Crippen LogP contribution in [0.1, 0.15) is 123 Å². The molecular weight excluding hydrogens is 1370 g/mol. The molecule has 5 aromatic rings. The van der Waals surface area contributed by atoms with Gasteiger partial charge in [-0.15, -0.1) is 0 Å². The number of likely N-dealkylation sites (N-methyl/N-ethyl adjacent to an activating group) is 1. The predicted molar refractivity (Wildman–Crippen MR) is 349 cm³/mol. The summed E-state index contributed by atoms with van der Waals surface area (Å²) in [6.07, 6.45) is -25.7. The fourth-order valence-electron chi connectivity index (χ4n) is 11.9. The monoisotopic (exact) mass is 1460 g/mol. The van der Waals surface area contributed by atoms with Gasteiger partial charge in [0.15, 0.2) is 29.9 Å². The summed E-state index contributed by atoms with van der Waals surface area (Å²) in [6.45, 7) is -11.0. The lowest BCUT2D eigenvalue weighted by molar-refractivity contribution is -0.333. The molecule has 0 aliphatic carbocycles. The Bertz CT molecular complexity index is 4640. The van der Waals surface area contributed by atoms with Crippen LogP contribution in [0.2, 0.25) is 10.0 Å². The number of aliphatic carboxylic acids is 1. The van der Waals surface area contributed by atoms with Gasteiger partial charge in [-0.2, -0.15) is 0 Å². The molecule has 0 aromatic heterocycles. The lowest BCUT2D eigenvalue weighted by Gasteiger charge is -2.47. The quantitative estimate of drug-likeness (QED) is 0.0743. The second-order valence-electron chi connectivity index (χ2n) is 24.2. The molecule has 542 valence electrons. The molecule has 0 radical (unpaired) electrons. The number of nitrogens with one attached hydrogen (secondary N) is 7. The van der Waals surface area contributed by atoms with Crippen LogP contribution in [0.4, 0.5) is 0 Å². The van der Waals surface area contributed by atoms with Crippen LogP contribution in [0, 0.1) is 5.89 Å². The minimum Gasteiger partial charge on any atom is -0.508 e. The molecule has 0 spiro atoms. The number of carbonyl (C=O) groups excluding carboxylic acids is 7. The summed E-state index contributed by atoms with van der Waals surface area (Å²) in [7, 11) is 0. The van der Waals surface area contributed by atoms with E-state index >= 15 is 19.2 Å². The van der Waals surface area contributed by atoms with Gasteiger partial charge < -0.3 is 128 Å². The van der Waals surface area contributed by atoms with Crippen LogP contribution in [-0.4, -0.2) is 191 Å². The summed E-state index contributed by atoms with van der Waals surface area (Å²) in [6, 6.07) is -8.39. The number of phenolic OH excluding ortho intramolecular Hbond substituents is 3. The summed E-state index contributed by atoms with van der Waals surface area (Å²) < 4.78 is 146. The van der Waals surface area contributed by atoms with Crippen molar-refractivity contribution in [3.8, 4) is 57.1 Å². The number of nitrogens with two attached hydrogens (primary N) is 2. The lowest BCUT2D eigenvalue weighted by atomic mass is 9.86. The average Bonchev–Trinajstić information content (AvgIpc) is 0.700. The van der Waals surface area contributed by atoms with E-state index in [4.69, 9.17) is 79.5 Å². The third-order valence-electron chi connectivity index (χ3n) is 17.0. The first-order chi connectivity index (χ1) is 52.7. The molecule has 35 heteroatoms. The summed E-state index contributed by atoms with van der Waals surface area (Å²) in [5.41, 5.74) is 6.60. The standard InChI is InChI=1S/C66H75Cl2N9O24/c1-23(2)12-34(71-5)58(88)76-49-51(83)26-7-10-38(32(67)14-26)97-40-16-28-17-41(55(40)101-65-56(54(86)53(85)42(22-78)99-65)100-44-21-66(4,70)57(87)24(3)96-44)98-39-11-8-27(15-33(39)68)52(84)50-63(93)75-48(64(94)95)31-18-29(79)19-37(81)45(31)30-13-25(6-9-36(30)80)46(60(90)77-50)74-61(91)47(28)73-59(89)35(20-43(69)82)72-62(49)92/h6-11,13-19,23-24,34-35,42,44,46-54,56-57,65,71,78-81,83-87H,12,20-22,70H2,1-5H3,(H2,69,82)(H,72,92)(H,73,89)(H,74,91)(H,75,93)(H,76,88)(H,77,90)(H,94,95)/t24-,34?,35-,42+,44-,46+,47+,48-,49+,50-,51+,52+,53+,54-,56+,57+,65-,66-/m0/s1/i1D3,2D3,5D3,12D2,23D,34D. The third-order valence-corrected chi connectivity index (χ3v) is 17.6. The van der Waals surface area contributed by atoms with Gasteiger partial charge >= 0.3 is 5.97 Å². The number of halogens is 2. The number of rotatable bonds is 13. The van der Waals surface area contributed by atoms with Gasteiger partial charge in [-0.1, -0.05) is 55.1 Å². The van der Waals surface area contributed by atoms with E-state index in [2.05, 4.69) is 21.3 Å². The minimum absolute atomic E-state index is 0.340. The molecule has 33 nitrogen and oxygen atoms in total. The molecule has 7 aliphatic rings. The van der Waals surface area contributed by atoms with Gasteiger partial charge in [-0.05, 0) is 110 Å². The molecule has 21 N–H and O–H groups in total. The van der Waals surface area contributed by atoms with Gasteiger partial charge in [0.1, 0.15) is 89.5 Å². The molecule has 0 saturated carbocycles. The van der Waals surface area contributed by atoms with E-state index in [1.54, 1.807) is 5.32 Å². The van der Waals surface area contributed by atoms with Gasteiger partial charge in [0.05, 0.1) is 42.7 Å². The maximum Gasteiger partial charge on any atom is 0.330 e. The van der Waals surface area contributed by atoms with Crippen molar-refractivity contribution in [3.05, 3.63) is 117 Å². The number of primary amides is 1. The zero-order valence-corrected chi connectivity index (χ0v) is 54.0. The molecule has 7 heterocycles. The number of carboxylic acids is 1. The van der Waals surface area contributed by atoms with Crippen LogP contribution < -0.4 is 62.9 Å². The highest BCUT2D eigenvalue weighted by atomic mass is 35.5. The highest BCUT2D eigenvalue weighted by molar-refractivity contribution is 6.32. The van der Waals surface area contributed by atoms with Crippen molar-refractivity contribution in [1.29, 1.82) is 0 Å². The molecule has 2 fully saturated rings. The Balaban J connectivity index is 1.25. The van der Waals surface area contributed by atoms with Crippen molar-refractivity contribution < 1.29 is 136 Å². The third kappa shape index (κ3) is 15.8. The van der Waals surface area contributed by atoms with E-state index in [1.807, 2.05) is 5.32 Å². The number of carbonyl (C=O) groups is 8. The zero-order chi connectivity index (χ0) is 84.7. The molecular formula is C66H75Cl2N9O24. The smallest absolute Gasteiger partial charge is 0.330 e. The van der Waals surface area contributed by atoms with Crippen LogP contribution in [-0.2, 0) is 52.6 Å². The molecule has 18 atom stereocenters. The highest BCUT2D eigenvalue weighted by Gasteiger charge is 2.51. The van der Waals surface area contributed by atoms with Crippen LogP contribution in [0.3, 0.4) is 0 Å². The molecule has 7 amide bonds. The largest absolute Gasteiger partial charge is 0.508 e. The fraction of sp³-hybridized carbons (Fsp3) is 0.424. The number of carboxylic acid groups (broad SMARTS) is 1. The Morgan fingerprint density at radius 2 is 1.38 bits per heavy atom. The normalized spacial score (nSPS) is 32.3. The summed E-state index contributed by atoms with van der Waals surface area (Å²) >= 11 is 14.0. The molecule has 101 heavy (non-hydrogen) atoms. The Kier molecular flexibility index (Phi) is 17.5. The van der Waals surface area contributed by atoms with Gasteiger partial charge in [-0.25, -0.2) is 4.79 Å². The van der Waals surface area contributed by atoms with Crippen LogP contribution in [0.5, 0.6) is 46.0 Å². The van der Waals surface area contributed by atoms with Crippen molar-refractivity contribution in [2.24, 2.45) is 17.4 Å². The Labute approximate surface area is 602 Å². The van der Waals surface area contributed by atoms with Gasteiger partial charge in [0, 0.05) is 51.2 Å². The maximum atomic E-state index is 16.1. The Hall–Kier alpha value is -9.20. The van der Waals surface area contributed by atoms with E-state index in [-0.39, 0.29) is 12.0 Å². The number of hydrogen-bond acceptors (Lipinski definition) is 25. The topological polar surface area (TPSA) is 530 Å². The van der Waals surface area contributed by atoms with Crippen molar-refractivity contribution in [2.45, 2.75) is 156 Å². The van der Waals surface area contributed by atoms with Crippen LogP contribution >= 0.6 is 23.2 Å². The number of aromatic hydroxyl groups is 3. The fourth-order valence-corrected chi connectivity index (χ4v) is 12.4. The van der Waals surface area contributed by atoms with E-state index < -0.39 is 292 Å². The molecule has 7 aliphatic heterocycles. The first-order valence-corrected chi connectivity index (χ1v) is 31.1. The number of aliphatic hydroxyl groups excluding tert-OH is 6. The number of ether oxygens (including phenoxy) is 6. The van der Waals surface area contributed by atoms with E-state index in [0.29, 0.717) is 6.07 Å². The second-order valence-corrected chi connectivity index (χ2v) is 25.0. The number of amides is 7. The minimum atomic E-state index is -4.78. The van der Waals surface area contributed by atoms with E-state index in [1.165, 1.54) is 19.2 Å². The van der Waals surface area contributed by atoms with Crippen LogP contribution in [0.25, 0.3) is 11.1 Å². The number of hydrogen-bond donors (Lipinski definition) is 19. The average molecular weight is 1460 g/mol. The first-order valence-electron chi connectivity index (χ1n) is 36.8. The molecule has 12 rings (SSSR count). The first kappa shape index (κ1) is 58.4. The van der Waals surface area contributed by atoms with Crippen molar-refractivity contribution in [2.75, 3.05) is 13.6 Å². The summed E-state index contributed by atoms with van der Waals surface area (Å²) in [5.74, 6) is -25.2. The number of aliphatic hydroxyl groups is 6. The molecule has 5 aromatic carbocycles. The van der Waals surface area contributed by atoms with Gasteiger partial charge in [0.25, 0.3) is 0 Å².